The maximum atomic E-state index is 13.3. The molecule has 2 aromatic carbocycles. The van der Waals surface area contributed by atoms with Crippen LogP contribution in [-0.2, 0) is 16.1 Å². The second-order valence-electron chi connectivity index (χ2n) is 8.42. The van der Waals surface area contributed by atoms with Crippen molar-refractivity contribution in [3.63, 3.8) is 0 Å². The van der Waals surface area contributed by atoms with Crippen LogP contribution in [0.2, 0.25) is 10.0 Å². The Hall–Kier alpha value is -3.01. The number of carbonyl (C=O) groups excluding carboxylic acids is 2. The van der Waals surface area contributed by atoms with Crippen molar-refractivity contribution < 1.29 is 14.7 Å². The fraction of sp³-hybridized carbons (Fsp3) is 0.348. The van der Waals surface area contributed by atoms with Crippen LogP contribution in [0, 0.1) is 5.92 Å². The molecule has 0 bridgehead atoms. The Morgan fingerprint density at radius 1 is 1.18 bits per heavy atom. The van der Waals surface area contributed by atoms with Crippen LogP contribution in [0.3, 0.4) is 0 Å². The van der Waals surface area contributed by atoms with Crippen molar-refractivity contribution in [2.75, 3.05) is 0 Å². The number of nitrogens with zero attached hydrogens (tertiary/aromatic N) is 5. The second kappa shape index (κ2) is 10.1. The Bertz CT molecular complexity index is 1190. The highest BCUT2D eigenvalue weighted by Gasteiger charge is 2.44. The van der Waals surface area contributed by atoms with Gasteiger partial charge in [-0.1, -0.05) is 42.3 Å². The predicted octanol–water partition coefficient (Wildman–Crippen LogP) is 2.94. The fourth-order valence-electron chi connectivity index (χ4n) is 4.26. The smallest absolute Gasteiger partial charge is 0.256 e. The van der Waals surface area contributed by atoms with E-state index in [-0.39, 0.29) is 24.4 Å². The summed E-state index contributed by atoms with van der Waals surface area (Å²) in [6.45, 7) is 4.02. The zero-order valence-corrected chi connectivity index (χ0v) is 20.1. The molecule has 0 radical (unpaired) electrons. The van der Waals surface area contributed by atoms with Gasteiger partial charge in [-0.2, -0.15) is 0 Å². The van der Waals surface area contributed by atoms with Gasteiger partial charge in [0.15, 0.2) is 6.10 Å². The first-order chi connectivity index (χ1) is 16.3. The summed E-state index contributed by atoms with van der Waals surface area (Å²) < 4.78 is 1.48. The molecule has 3 aromatic rings. The molecule has 1 aromatic heterocycles. The zero-order chi connectivity index (χ0) is 24.4. The molecule has 0 saturated carbocycles. The summed E-state index contributed by atoms with van der Waals surface area (Å²) in [4.78, 5) is 28.0. The number of aliphatic hydroxyl groups excluding tert-OH is 1. The van der Waals surface area contributed by atoms with E-state index in [9.17, 15) is 14.7 Å². The van der Waals surface area contributed by atoms with E-state index in [1.165, 1.54) is 15.9 Å². The number of benzene rings is 2. The number of aromatic nitrogens is 4. The SMILES string of the molecule is CC1[C@@H](C)C[C@@H](C(=O)NCc2cc(Cl)ccc2-n2cnnn2)N1C(=O)[C@H](O)c1cccc(Cl)c1. The van der Waals surface area contributed by atoms with E-state index in [1.807, 2.05) is 13.8 Å². The molecular formula is C23H24Cl2N6O3. The quantitative estimate of drug-likeness (QED) is 0.535. The summed E-state index contributed by atoms with van der Waals surface area (Å²) in [5.74, 6) is -0.767. The third kappa shape index (κ3) is 4.91. The van der Waals surface area contributed by atoms with Crippen molar-refractivity contribution in [1.82, 2.24) is 30.4 Å². The standard InChI is InChI=1S/C23H24Cl2N6O3/c1-13-8-20(31(14(13)2)23(34)21(32)15-4-3-5-17(24)9-15)22(33)26-11-16-10-18(25)6-7-19(16)30-12-27-28-29-30/h3-7,9-10,12-14,20-21,32H,8,11H2,1-2H3,(H,26,33)/t13-,14?,20-,21+/m0/s1. The van der Waals surface area contributed by atoms with E-state index < -0.39 is 18.1 Å². The molecule has 0 aliphatic carbocycles. The summed E-state index contributed by atoms with van der Waals surface area (Å²) in [5.41, 5.74) is 1.77. The molecular weight excluding hydrogens is 479 g/mol. The Morgan fingerprint density at radius 3 is 2.65 bits per heavy atom. The van der Waals surface area contributed by atoms with Gasteiger partial charge in [0.25, 0.3) is 5.91 Å². The molecule has 178 valence electrons. The lowest BCUT2D eigenvalue weighted by molar-refractivity contribution is -0.147. The molecule has 9 nitrogen and oxygen atoms in total. The minimum Gasteiger partial charge on any atom is -0.378 e. The van der Waals surface area contributed by atoms with Gasteiger partial charge in [0, 0.05) is 22.6 Å². The molecule has 1 unspecified atom stereocenters. The van der Waals surface area contributed by atoms with Crippen LogP contribution in [0.4, 0.5) is 0 Å². The summed E-state index contributed by atoms with van der Waals surface area (Å²) >= 11 is 12.2. The molecule has 4 rings (SSSR count). The number of hydrogen-bond acceptors (Lipinski definition) is 6. The van der Waals surface area contributed by atoms with E-state index >= 15 is 0 Å². The maximum Gasteiger partial charge on any atom is 0.256 e. The van der Waals surface area contributed by atoms with Crippen molar-refractivity contribution in [2.24, 2.45) is 5.92 Å². The number of likely N-dealkylation sites (tertiary alicyclic amines) is 1. The monoisotopic (exact) mass is 502 g/mol. The van der Waals surface area contributed by atoms with E-state index in [1.54, 1.807) is 42.5 Å². The molecule has 1 fully saturated rings. The molecule has 1 saturated heterocycles. The average molecular weight is 503 g/mol. The molecule has 11 heteroatoms. The number of carbonyl (C=O) groups is 2. The number of tetrazole rings is 1. The lowest BCUT2D eigenvalue weighted by Gasteiger charge is -2.30. The number of amides is 2. The van der Waals surface area contributed by atoms with Gasteiger partial charge in [-0.05, 0) is 71.1 Å². The Morgan fingerprint density at radius 2 is 1.94 bits per heavy atom. The van der Waals surface area contributed by atoms with Gasteiger partial charge in [0.2, 0.25) is 5.91 Å². The van der Waals surface area contributed by atoms with Gasteiger partial charge >= 0.3 is 0 Å². The summed E-state index contributed by atoms with van der Waals surface area (Å²) in [6.07, 6.45) is 0.518. The molecule has 34 heavy (non-hydrogen) atoms. The highest BCUT2D eigenvalue weighted by atomic mass is 35.5. The highest BCUT2D eigenvalue weighted by Crippen LogP contribution is 2.33. The minimum atomic E-state index is -1.42. The van der Waals surface area contributed by atoms with Gasteiger partial charge < -0.3 is 15.3 Å². The first kappa shape index (κ1) is 24.1. The van der Waals surface area contributed by atoms with Gasteiger partial charge in [-0.15, -0.1) is 5.10 Å². The number of hydrogen-bond donors (Lipinski definition) is 2. The number of halogens is 2. The van der Waals surface area contributed by atoms with E-state index in [0.717, 1.165) is 0 Å². The fourth-order valence-corrected chi connectivity index (χ4v) is 4.65. The van der Waals surface area contributed by atoms with Crippen LogP contribution in [0.5, 0.6) is 0 Å². The van der Waals surface area contributed by atoms with Crippen molar-refractivity contribution in [2.45, 2.75) is 45.0 Å². The number of rotatable bonds is 6. The third-order valence-corrected chi connectivity index (χ3v) is 6.71. The summed E-state index contributed by atoms with van der Waals surface area (Å²) in [6, 6.07) is 10.8. The maximum absolute atomic E-state index is 13.3. The van der Waals surface area contributed by atoms with Crippen molar-refractivity contribution >= 4 is 35.0 Å². The topological polar surface area (TPSA) is 113 Å². The summed E-state index contributed by atoms with van der Waals surface area (Å²) in [7, 11) is 0. The Labute approximate surface area is 206 Å². The average Bonchev–Trinajstić information content (AvgIpc) is 3.45. The van der Waals surface area contributed by atoms with Crippen LogP contribution in [0.1, 0.15) is 37.5 Å². The van der Waals surface area contributed by atoms with E-state index in [4.69, 9.17) is 23.2 Å². The molecule has 0 spiro atoms. The Kier molecular flexibility index (Phi) is 7.16. The molecule has 2 amide bonds. The molecule has 1 aliphatic rings. The molecule has 2 heterocycles. The van der Waals surface area contributed by atoms with Crippen LogP contribution in [0.15, 0.2) is 48.8 Å². The van der Waals surface area contributed by atoms with Crippen LogP contribution < -0.4 is 5.32 Å². The van der Waals surface area contributed by atoms with E-state index in [0.29, 0.717) is 33.3 Å². The lowest BCUT2D eigenvalue weighted by Crippen LogP contribution is -2.50. The number of aliphatic hydroxyl groups is 1. The molecule has 1 aliphatic heterocycles. The normalized spacial score (nSPS) is 20.9. The zero-order valence-electron chi connectivity index (χ0n) is 18.6. The van der Waals surface area contributed by atoms with Gasteiger partial charge in [0.1, 0.15) is 12.4 Å². The van der Waals surface area contributed by atoms with Crippen LogP contribution >= 0.6 is 23.2 Å². The van der Waals surface area contributed by atoms with Crippen LogP contribution in [-0.4, -0.2) is 54.1 Å². The third-order valence-electron chi connectivity index (χ3n) is 6.24. The largest absolute Gasteiger partial charge is 0.378 e. The second-order valence-corrected chi connectivity index (χ2v) is 9.29. The Balaban J connectivity index is 1.52. The van der Waals surface area contributed by atoms with Crippen LogP contribution in [0.25, 0.3) is 5.69 Å². The van der Waals surface area contributed by atoms with Gasteiger partial charge in [-0.25, -0.2) is 4.68 Å². The molecule has 2 N–H and O–H groups in total. The van der Waals surface area contributed by atoms with E-state index in [2.05, 4.69) is 20.8 Å². The van der Waals surface area contributed by atoms with Gasteiger partial charge in [-0.3, -0.25) is 9.59 Å². The highest BCUT2D eigenvalue weighted by molar-refractivity contribution is 6.31. The van der Waals surface area contributed by atoms with Crippen molar-refractivity contribution in [3.05, 3.63) is 70.0 Å². The number of nitrogens with one attached hydrogen (secondary N) is 1. The van der Waals surface area contributed by atoms with Crippen molar-refractivity contribution in [1.29, 1.82) is 0 Å². The molecule has 4 atom stereocenters. The first-order valence-corrected chi connectivity index (χ1v) is 11.6. The predicted molar refractivity (Wildman–Crippen MR) is 126 cm³/mol. The first-order valence-electron chi connectivity index (χ1n) is 10.8. The minimum absolute atomic E-state index is 0.0780. The van der Waals surface area contributed by atoms with Gasteiger partial charge in [0.05, 0.1) is 5.69 Å². The van der Waals surface area contributed by atoms with Crippen molar-refractivity contribution in [3.8, 4) is 5.69 Å². The summed E-state index contributed by atoms with van der Waals surface area (Å²) in [5, 5.41) is 25.8. The lowest BCUT2D eigenvalue weighted by atomic mass is 10.0.